The number of aliphatic hydroxyl groups is 1. The number of imidazole rings is 1. The Morgan fingerprint density at radius 1 is 1.03 bits per heavy atom. The number of aromatic nitrogens is 2. The zero-order valence-corrected chi connectivity index (χ0v) is 17.2. The molecule has 0 spiro atoms. The van der Waals surface area contributed by atoms with E-state index in [1.54, 1.807) is 46.3 Å². The van der Waals surface area contributed by atoms with Crippen LogP contribution in [0.15, 0.2) is 66.3 Å². The fourth-order valence-corrected chi connectivity index (χ4v) is 4.73. The third-order valence-electron chi connectivity index (χ3n) is 5.31. The molecule has 6 heteroatoms. The van der Waals surface area contributed by atoms with E-state index in [0.29, 0.717) is 11.3 Å². The maximum Gasteiger partial charge on any atom is 0.174 e. The van der Waals surface area contributed by atoms with E-state index < -0.39 is 11.4 Å². The molecule has 150 valence electrons. The Balaban J connectivity index is 1.69. The minimum atomic E-state index is -1.32. The first-order chi connectivity index (χ1) is 14.3. The fourth-order valence-electron chi connectivity index (χ4n) is 3.80. The molecule has 0 radical (unpaired) electrons. The topological polar surface area (TPSA) is 37.5 Å². The van der Waals surface area contributed by atoms with E-state index in [4.69, 9.17) is 0 Å². The van der Waals surface area contributed by atoms with Gasteiger partial charge in [-0.25, -0.2) is 13.8 Å². The molecule has 30 heavy (non-hydrogen) atoms. The van der Waals surface area contributed by atoms with Gasteiger partial charge in [0.2, 0.25) is 0 Å². The summed E-state index contributed by atoms with van der Waals surface area (Å²) in [6, 6.07) is 14.3. The maximum atomic E-state index is 14.9. The third kappa shape index (κ3) is 2.91. The van der Waals surface area contributed by atoms with Crippen LogP contribution in [0.4, 0.5) is 8.78 Å². The molecule has 0 aliphatic carbocycles. The van der Waals surface area contributed by atoms with E-state index in [1.807, 2.05) is 29.6 Å². The van der Waals surface area contributed by atoms with Crippen LogP contribution in [-0.4, -0.2) is 14.5 Å². The van der Waals surface area contributed by atoms with Crippen LogP contribution < -0.4 is 0 Å². The summed E-state index contributed by atoms with van der Waals surface area (Å²) in [4.78, 5) is 4.22. The van der Waals surface area contributed by atoms with Crippen molar-refractivity contribution in [3.8, 4) is 22.4 Å². The molecule has 1 N–H and O–H groups in total. The molecule has 5 rings (SSSR count). The van der Waals surface area contributed by atoms with Crippen LogP contribution in [-0.2, 0) is 5.60 Å². The molecule has 0 unspecified atom stereocenters. The highest BCUT2D eigenvalue weighted by Crippen LogP contribution is 2.36. The van der Waals surface area contributed by atoms with Gasteiger partial charge in [0.05, 0.1) is 17.5 Å². The van der Waals surface area contributed by atoms with Crippen molar-refractivity contribution in [2.75, 3.05) is 0 Å². The molecular formula is C24H18F2N2OS. The molecule has 0 bridgehead atoms. The van der Waals surface area contributed by atoms with Crippen LogP contribution >= 0.6 is 11.3 Å². The number of rotatable bonds is 3. The van der Waals surface area contributed by atoms with E-state index in [0.717, 1.165) is 21.2 Å². The Morgan fingerprint density at radius 3 is 2.67 bits per heavy atom. The molecule has 0 saturated heterocycles. The molecule has 3 aromatic heterocycles. The second kappa shape index (κ2) is 6.72. The Bertz CT molecular complexity index is 1410. The quantitative estimate of drug-likeness (QED) is 0.367. The maximum absolute atomic E-state index is 14.9. The summed E-state index contributed by atoms with van der Waals surface area (Å²) >= 11 is 1.57. The lowest BCUT2D eigenvalue weighted by atomic mass is 9.99. The van der Waals surface area contributed by atoms with Crippen molar-refractivity contribution in [1.82, 2.24) is 9.38 Å². The number of fused-ring (bicyclic) bond motifs is 2. The van der Waals surface area contributed by atoms with Gasteiger partial charge in [0.15, 0.2) is 11.5 Å². The van der Waals surface area contributed by atoms with Gasteiger partial charge in [0.1, 0.15) is 5.82 Å². The zero-order chi connectivity index (χ0) is 21.0. The van der Waals surface area contributed by atoms with Gasteiger partial charge < -0.3 is 5.11 Å². The van der Waals surface area contributed by atoms with Crippen molar-refractivity contribution in [2.45, 2.75) is 19.4 Å². The summed E-state index contributed by atoms with van der Waals surface area (Å²) in [5, 5.41) is 13.3. The summed E-state index contributed by atoms with van der Waals surface area (Å²) < 4.78 is 32.4. The van der Waals surface area contributed by atoms with Gasteiger partial charge in [0.25, 0.3) is 0 Å². The lowest BCUT2D eigenvalue weighted by Gasteiger charge is -2.18. The second-order valence-electron chi connectivity index (χ2n) is 7.78. The van der Waals surface area contributed by atoms with Crippen LogP contribution in [0.25, 0.3) is 38.1 Å². The normalized spacial score (nSPS) is 12.2. The second-order valence-corrected chi connectivity index (χ2v) is 8.69. The van der Waals surface area contributed by atoms with Gasteiger partial charge in [-0.05, 0) is 54.9 Å². The Kier molecular flexibility index (Phi) is 4.24. The molecule has 0 aliphatic rings. The van der Waals surface area contributed by atoms with Crippen molar-refractivity contribution >= 4 is 27.1 Å². The molecule has 5 aromatic rings. The predicted molar refractivity (Wildman–Crippen MR) is 117 cm³/mol. The average Bonchev–Trinajstić information content (AvgIpc) is 3.35. The smallest absolute Gasteiger partial charge is 0.174 e. The van der Waals surface area contributed by atoms with Crippen LogP contribution in [0.3, 0.4) is 0 Å². The molecule has 0 atom stereocenters. The first kappa shape index (κ1) is 18.9. The van der Waals surface area contributed by atoms with E-state index in [-0.39, 0.29) is 17.0 Å². The molecule has 3 heterocycles. The van der Waals surface area contributed by atoms with Crippen LogP contribution in [0.2, 0.25) is 0 Å². The van der Waals surface area contributed by atoms with Crippen molar-refractivity contribution in [3.63, 3.8) is 0 Å². The fraction of sp³-hybridized carbons (Fsp3) is 0.125. The summed E-state index contributed by atoms with van der Waals surface area (Å²) in [5.74, 6) is -0.883. The van der Waals surface area contributed by atoms with Gasteiger partial charge >= 0.3 is 0 Å². The monoisotopic (exact) mass is 420 g/mol. The van der Waals surface area contributed by atoms with Crippen molar-refractivity contribution in [2.24, 2.45) is 0 Å². The van der Waals surface area contributed by atoms with Crippen LogP contribution in [0.1, 0.15) is 19.4 Å². The van der Waals surface area contributed by atoms with Gasteiger partial charge in [-0.15, -0.1) is 11.3 Å². The number of halogens is 2. The summed E-state index contributed by atoms with van der Waals surface area (Å²) in [5.41, 5.74) is 1.66. The SMILES string of the molecule is CC(C)(O)c1ccn2c(-c3ccc(F)c(-c4cccc5ccsc45)c3)cnc2c1F. The van der Waals surface area contributed by atoms with Crippen molar-refractivity contribution in [3.05, 3.63) is 83.5 Å². The van der Waals surface area contributed by atoms with Crippen LogP contribution in [0.5, 0.6) is 0 Å². The zero-order valence-electron chi connectivity index (χ0n) is 16.4. The van der Waals surface area contributed by atoms with Crippen LogP contribution in [0, 0.1) is 11.6 Å². The Hall–Kier alpha value is -3.09. The van der Waals surface area contributed by atoms with Gasteiger partial charge in [-0.1, -0.05) is 18.2 Å². The van der Waals surface area contributed by atoms with E-state index >= 15 is 0 Å². The Morgan fingerprint density at radius 2 is 1.87 bits per heavy atom. The number of hydrogen-bond acceptors (Lipinski definition) is 3. The number of nitrogens with zero attached hydrogens (tertiary/aromatic N) is 2. The summed E-state index contributed by atoms with van der Waals surface area (Å²) in [7, 11) is 0. The third-order valence-corrected chi connectivity index (χ3v) is 6.27. The molecule has 0 fully saturated rings. The molecular weight excluding hydrogens is 402 g/mol. The average molecular weight is 420 g/mol. The Labute approximate surface area is 175 Å². The number of thiophene rings is 1. The van der Waals surface area contributed by atoms with E-state index in [2.05, 4.69) is 4.98 Å². The largest absolute Gasteiger partial charge is 0.386 e. The van der Waals surface area contributed by atoms with Crippen molar-refractivity contribution in [1.29, 1.82) is 0 Å². The number of benzene rings is 2. The van der Waals surface area contributed by atoms with Gasteiger partial charge in [-0.3, -0.25) is 4.40 Å². The number of pyridine rings is 1. The lowest BCUT2D eigenvalue weighted by molar-refractivity contribution is 0.0746. The molecule has 3 nitrogen and oxygen atoms in total. The van der Waals surface area contributed by atoms with Gasteiger partial charge in [0, 0.05) is 33.2 Å². The highest BCUT2D eigenvalue weighted by atomic mass is 32.1. The standard InChI is InChI=1S/C24H18F2N2OS/c1-24(2,29)18-8-10-28-20(13-27-23(28)21(18)26)15-6-7-19(25)17(12-15)16-5-3-4-14-9-11-30-22(14)16/h3-13,29H,1-2H3. The highest BCUT2D eigenvalue weighted by Gasteiger charge is 2.24. The first-order valence-corrected chi connectivity index (χ1v) is 10.4. The minimum absolute atomic E-state index is 0.121. The van der Waals surface area contributed by atoms with Gasteiger partial charge in [-0.2, -0.15) is 0 Å². The van der Waals surface area contributed by atoms with Crippen molar-refractivity contribution < 1.29 is 13.9 Å². The predicted octanol–water partition coefficient (Wildman–Crippen LogP) is 6.39. The molecule has 0 amide bonds. The highest BCUT2D eigenvalue weighted by molar-refractivity contribution is 7.17. The summed E-state index contributed by atoms with van der Waals surface area (Å²) in [6.07, 6.45) is 3.24. The van der Waals surface area contributed by atoms with E-state index in [9.17, 15) is 13.9 Å². The number of hydrogen-bond donors (Lipinski definition) is 1. The minimum Gasteiger partial charge on any atom is -0.386 e. The summed E-state index contributed by atoms with van der Waals surface area (Å²) in [6.45, 7) is 3.06. The molecule has 2 aromatic carbocycles. The molecule has 0 saturated carbocycles. The first-order valence-electron chi connectivity index (χ1n) is 9.49. The molecule has 0 aliphatic heterocycles. The lowest BCUT2D eigenvalue weighted by Crippen LogP contribution is -2.18. The van der Waals surface area contributed by atoms with E-state index in [1.165, 1.54) is 19.9 Å².